The highest BCUT2D eigenvalue weighted by Gasteiger charge is 2.15. The summed E-state index contributed by atoms with van der Waals surface area (Å²) in [4.78, 5) is 16.0. The van der Waals surface area contributed by atoms with E-state index in [2.05, 4.69) is 15.2 Å². The molecule has 2 heterocycles. The maximum atomic E-state index is 14.1. The van der Waals surface area contributed by atoms with Crippen LogP contribution < -0.4 is 0 Å². The van der Waals surface area contributed by atoms with Crippen molar-refractivity contribution in [3.8, 4) is 0 Å². The van der Waals surface area contributed by atoms with Crippen LogP contribution in [0.5, 0.6) is 0 Å². The zero-order valence-electron chi connectivity index (χ0n) is 15.5. The fraction of sp³-hybridized carbons (Fsp3) is 0.0952. The second-order valence-electron chi connectivity index (χ2n) is 6.44. The molecule has 0 aliphatic carbocycles. The minimum atomic E-state index is -1.07. The first kappa shape index (κ1) is 18.9. The van der Waals surface area contributed by atoms with Gasteiger partial charge in [-0.1, -0.05) is 36.4 Å². The highest BCUT2D eigenvalue weighted by Crippen LogP contribution is 2.30. The van der Waals surface area contributed by atoms with Crippen LogP contribution >= 0.6 is 11.8 Å². The number of carboxylic acids is 1. The molecule has 2 aromatic carbocycles. The Morgan fingerprint density at radius 1 is 1.24 bits per heavy atom. The molecule has 0 saturated heterocycles. The lowest BCUT2D eigenvalue weighted by atomic mass is 10.1. The van der Waals surface area contributed by atoms with E-state index in [9.17, 15) is 14.3 Å². The summed E-state index contributed by atoms with van der Waals surface area (Å²) in [5.74, 6) is -0.730. The van der Waals surface area contributed by atoms with Gasteiger partial charge in [-0.25, -0.2) is 14.2 Å². The van der Waals surface area contributed by atoms with E-state index in [4.69, 9.17) is 0 Å². The standard InChI is InChI=1S/C21H17FN4O2S/c1-13-23-21(25-24-13)29-19(20(27)28)10-15-12-26(18-9-5-3-7-16(15)18)11-14-6-2-4-8-17(14)22/h2-10,12H,11H2,1H3,(H,27,28)(H,23,24,25)/b19-10-. The Hall–Kier alpha value is -3.39. The van der Waals surface area contributed by atoms with Crippen molar-refractivity contribution in [2.45, 2.75) is 18.6 Å². The normalized spacial score (nSPS) is 11.9. The number of fused-ring (bicyclic) bond motifs is 1. The number of benzene rings is 2. The van der Waals surface area contributed by atoms with Crippen LogP contribution in [0.1, 0.15) is 17.0 Å². The number of hydrogen-bond donors (Lipinski definition) is 2. The summed E-state index contributed by atoms with van der Waals surface area (Å²) in [6.07, 6.45) is 3.43. The van der Waals surface area contributed by atoms with Gasteiger partial charge in [0.2, 0.25) is 5.16 Å². The molecule has 146 valence electrons. The monoisotopic (exact) mass is 408 g/mol. The van der Waals surface area contributed by atoms with Gasteiger partial charge in [0, 0.05) is 28.2 Å². The zero-order chi connectivity index (χ0) is 20.4. The van der Waals surface area contributed by atoms with Crippen molar-refractivity contribution >= 4 is 34.7 Å². The second-order valence-corrected chi connectivity index (χ2v) is 7.45. The van der Waals surface area contributed by atoms with Gasteiger partial charge in [0.15, 0.2) is 0 Å². The van der Waals surface area contributed by atoms with Gasteiger partial charge in [0.05, 0.1) is 6.54 Å². The van der Waals surface area contributed by atoms with E-state index in [-0.39, 0.29) is 10.7 Å². The lowest BCUT2D eigenvalue weighted by Gasteiger charge is -2.06. The number of aromatic nitrogens is 4. The van der Waals surface area contributed by atoms with Crippen molar-refractivity contribution in [1.82, 2.24) is 19.7 Å². The zero-order valence-corrected chi connectivity index (χ0v) is 16.3. The van der Waals surface area contributed by atoms with Crippen molar-refractivity contribution in [2.75, 3.05) is 0 Å². The van der Waals surface area contributed by atoms with Crippen LogP contribution in [0.4, 0.5) is 4.39 Å². The van der Waals surface area contributed by atoms with Gasteiger partial charge in [-0.2, -0.15) is 0 Å². The van der Waals surface area contributed by atoms with Crippen molar-refractivity contribution in [1.29, 1.82) is 0 Å². The number of H-pyrrole nitrogens is 1. The Kier molecular flexibility index (Phi) is 5.18. The largest absolute Gasteiger partial charge is 0.477 e. The molecule has 0 fully saturated rings. The van der Waals surface area contributed by atoms with Gasteiger partial charge in [-0.15, -0.1) is 5.10 Å². The molecular formula is C21H17FN4O2S. The van der Waals surface area contributed by atoms with Crippen molar-refractivity contribution in [3.05, 3.63) is 82.4 Å². The van der Waals surface area contributed by atoms with Crippen molar-refractivity contribution < 1.29 is 14.3 Å². The Balaban J connectivity index is 1.75. The van der Waals surface area contributed by atoms with Crippen LogP contribution in [-0.4, -0.2) is 30.8 Å². The number of halogens is 1. The first-order chi connectivity index (χ1) is 14.0. The van der Waals surface area contributed by atoms with E-state index in [1.807, 2.05) is 35.0 Å². The van der Waals surface area contributed by atoms with E-state index in [1.54, 1.807) is 31.2 Å². The van der Waals surface area contributed by atoms with E-state index in [0.717, 1.165) is 28.2 Å². The molecule has 2 aromatic heterocycles. The van der Waals surface area contributed by atoms with Crippen LogP contribution in [-0.2, 0) is 11.3 Å². The molecule has 0 bridgehead atoms. The molecule has 0 unspecified atom stereocenters. The van der Waals surface area contributed by atoms with Crippen molar-refractivity contribution in [2.24, 2.45) is 0 Å². The van der Waals surface area contributed by atoms with Crippen LogP contribution in [0.3, 0.4) is 0 Å². The summed E-state index contributed by atoms with van der Waals surface area (Å²) in [7, 11) is 0. The topological polar surface area (TPSA) is 83.8 Å². The Morgan fingerprint density at radius 3 is 2.72 bits per heavy atom. The van der Waals surface area contributed by atoms with Gasteiger partial charge in [-0.05, 0) is 36.9 Å². The number of aryl methyl sites for hydroxylation is 1. The molecule has 0 spiro atoms. The predicted molar refractivity (Wildman–Crippen MR) is 110 cm³/mol. The number of rotatable bonds is 6. The predicted octanol–water partition coefficient (Wildman–Crippen LogP) is 4.47. The minimum Gasteiger partial charge on any atom is -0.477 e. The Bertz CT molecular complexity index is 1230. The van der Waals surface area contributed by atoms with Crippen LogP contribution in [0.25, 0.3) is 17.0 Å². The fourth-order valence-corrected chi connectivity index (χ4v) is 3.82. The number of carboxylic acid groups (broad SMARTS) is 1. The number of hydrogen-bond acceptors (Lipinski definition) is 4. The van der Waals surface area contributed by atoms with Gasteiger partial charge in [0.25, 0.3) is 0 Å². The van der Waals surface area contributed by atoms with E-state index in [1.165, 1.54) is 6.07 Å². The van der Waals surface area contributed by atoms with E-state index >= 15 is 0 Å². The molecule has 0 saturated carbocycles. The summed E-state index contributed by atoms with van der Waals surface area (Å²) < 4.78 is 16.0. The quantitative estimate of drug-likeness (QED) is 0.363. The molecule has 8 heteroatoms. The molecule has 0 aliphatic heterocycles. The van der Waals surface area contributed by atoms with E-state index < -0.39 is 5.97 Å². The molecule has 4 rings (SSSR count). The van der Waals surface area contributed by atoms with Gasteiger partial charge < -0.3 is 9.67 Å². The highest BCUT2D eigenvalue weighted by molar-refractivity contribution is 8.04. The number of carbonyl (C=O) groups is 1. The third kappa shape index (κ3) is 4.07. The second kappa shape index (κ2) is 7.92. The maximum absolute atomic E-state index is 14.1. The molecule has 29 heavy (non-hydrogen) atoms. The summed E-state index contributed by atoms with van der Waals surface area (Å²) in [6, 6.07) is 14.3. The lowest BCUT2D eigenvalue weighted by molar-refractivity contribution is -0.131. The molecule has 0 aliphatic rings. The van der Waals surface area contributed by atoms with Gasteiger partial charge >= 0.3 is 5.97 Å². The summed E-state index contributed by atoms with van der Waals surface area (Å²) in [6.45, 7) is 2.09. The molecule has 4 aromatic rings. The number of aliphatic carboxylic acids is 1. The average molecular weight is 408 g/mol. The number of nitrogens with one attached hydrogen (secondary N) is 1. The van der Waals surface area contributed by atoms with Crippen molar-refractivity contribution in [3.63, 3.8) is 0 Å². The molecule has 0 radical (unpaired) electrons. The SMILES string of the molecule is Cc1nc(S/C(=C\c2cn(Cc3ccccc3F)c3ccccc23)C(=O)O)n[nH]1. The Morgan fingerprint density at radius 2 is 2.00 bits per heavy atom. The first-order valence-corrected chi connectivity index (χ1v) is 9.66. The van der Waals surface area contributed by atoms with E-state index in [0.29, 0.717) is 23.1 Å². The Labute approximate surface area is 170 Å². The highest BCUT2D eigenvalue weighted by atomic mass is 32.2. The maximum Gasteiger partial charge on any atom is 0.342 e. The fourth-order valence-electron chi connectivity index (χ4n) is 3.07. The summed E-state index contributed by atoms with van der Waals surface area (Å²) in [5, 5.41) is 17.6. The number of thioether (sulfide) groups is 1. The number of para-hydroxylation sites is 1. The molecule has 0 atom stereocenters. The molecule has 0 amide bonds. The first-order valence-electron chi connectivity index (χ1n) is 8.84. The number of aromatic amines is 1. The molecule has 2 N–H and O–H groups in total. The van der Waals surface area contributed by atoms with Crippen LogP contribution in [0.15, 0.2) is 64.8 Å². The summed E-state index contributed by atoms with van der Waals surface area (Å²) in [5.41, 5.74) is 2.19. The molecular weight excluding hydrogens is 391 g/mol. The van der Waals surface area contributed by atoms with Gasteiger partial charge in [0.1, 0.15) is 16.5 Å². The van der Waals surface area contributed by atoms with Gasteiger partial charge in [-0.3, -0.25) is 5.10 Å². The van der Waals surface area contributed by atoms with Crippen LogP contribution in [0.2, 0.25) is 0 Å². The summed E-state index contributed by atoms with van der Waals surface area (Å²) >= 11 is 0.976. The van der Waals surface area contributed by atoms with Crippen LogP contribution in [0, 0.1) is 12.7 Å². The minimum absolute atomic E-state index is 0.0952. The third-order valence-electron chi connectivity index (χ3n) is 4.39. The number of nitrogens with zero attached hydrogens (tertiary/aromatic N) is 3. The smallest absolute Gasteiger partial charge is 0.342 e. The average Bonchev–Trinajstić information content (AvgIpc) is 3.27. The third-order valence-corrected chi connectivity index (χ3v) is 5.27. The lowest BCUT2D eigenvalue weighted by Crippen LogP contribution is -2.00. The molecule has 6 nitrogen and oxygen atoms in total.